The Balaban J connectivity index is 3.19. The van der Waals surface area contributed by atoms with E-state index < -0.39 is 0 Å². The third-order valence-corrected chi connectivity index (χ3v) is 2.71. The third-order valence-electron chi connectivity index (χ3n) is 2.47. The van der Waals surface area contributed by atoms with Crippen LogP contribution in [-0.4, -0.2) is 11.8 Å². The molecule has 1 aromatic rings. The summed E-state index contributed by atoms with van der Waals surface area (Å²) >= 11 is 5.51. The topological polar surface area (TPSA) is 29.1 Å². The molecule has 16 heavy (non-hydrogen) atoms. The van der Waals surface area contributed by atoms with E-state index >= 15 is 0 Å². The van der Waals surface area contributed by atoms with Gasteiger partial charge in [-0.25, -0.2) is 0 Å². The summed E-state index contributed by atoms with van der Waals surface area (Å²) in [7, 11) is 0. The second-order valence-electron chi connectivity index (χ2n) is 4.93. The zero-order valence-corrected chi connectivity index (χ0v) is 11.0. The number of anilines is 1. The van der Waals surface area contributed by atoms with Crippen molar-refractivity contribution in [3.8, 4) is 0 Å². The summed E-state index contributed by atoms with van der Waals surface area (Å²) in [5, 5.41) is 2.86. The van der Waals surface area contributed by atoms with Crippen LogP contribution in [0.5, 0.6) is 0 Å². The summed E-state index contributed by atoms with van der Waals surface area (Å²) in [6.07, 6.45) is 0. The van der Waals surface area contributed by atoms with E-state index in [1.165, 1.54) is 0 Å². The average Bonchev–Trinajstić information content (AvgIpc) is 2.19. The van der Waals surface area contributed by atoms with Gasteiger partial charge in [0.25, 0.3) is 0 Å². The smallest absolute Gasteiger partial charge is 0.239 e. The molecule has 1 N–H and O–H groups in total. The fourth-order valence-electron chi connectivity index (χ4n) is 1.63. The molecule has 1 aromatic carbocycles. The fraction of sp³-hybridized carbons (Fsp3) is 0.462. The van der Waals surface area contributed by atoms with Gasteiger partial charge in [0.1, 0.15) is 5.88 Å². The number of halogens is 1. The normalized spacial score (nSPS) is 11.3. The maximum Gasteiger partial charge on any atom is 0.239 e. The van der Waals surface area contributed by atoms with Gasteiger partial charge in [0.05, 0.1) is 0 Å². The summed E-state index contributed by atoms with van der Waals surface area (Å²) in [5.41, 5.74) is 3.08. The molecule has 0 heterocycles. The maximum atomic E-state index is 11.4. The number of alkyl halides is 1. The van der Waals surface area contributed by atoms with Crippen molar-refractivity contribution in [2.75, 3.05) is 11.2 Å². The Morgan fingerprint density at radius 2 is 2.00 bits per heavy atom. The monoisotopic (exact) mass is 239 g/mol. The molecule has 2 nitrogen and oxygen atoms in total. The van der Waals surface area contributed by atoms with E-state index in [1.807, 2.05) is 25.1 Å². The molecule has 0 aliphatic rings. The van der Waals surface area contributed by atoms with Crippen molar-refractivity contribution < 1.29 is 4.79 Å². The lowest BCUT2D eigenvalue weighted by atomic mass is 9.84. The number of benzene rings is 1. The van der Waals surface area contributed by atoms with Crippen molar-refractivity contribution in [3.63, 3.8) is 0 Å². The molecule has 0 aromatic heterocycles. The Labute approximate surface area is 102 Å². The van der Waals surface area contributed by atoms with Crippen LogP contribution >= 0.6 is 11.6 Å². The molecular formula is C13H18ClNO. The number of amides is 1. The first-order chi connectivity index (χ1) is 7.36. The molecule has 0 saturated heterocycles. The number of para-hydroxylation sites is 1. The Hall–Kier alpha value is -1.02. The van der Waals surface area contributed by atoms with Gasteiger partial charge in [-0.2, -0.15) is 0 Å². The summed E-state index contributed by atoms with van der Waals surface area (Å²) in [5.74, 6) is -0.181. The predicted octanol–water partition coefficient (Wildman–Crippen LogP) is 3.47. The minimum Gasteiger partial charge on any atom is -0.325 e. The summed E-state index contributed by atoms with van der Waals surface area (Å²) in [4.78, 5) is 11.4. The van der Waals surface area contributed by atoms with Crippen LogP contribution < -0.4 is 5.32 Å². The van der Waals surface area contributed by atoms with Crippen LogP contribution in [0, 0.1) is 6.92 Å². The zero-order chi connectivity index (χ0) is 12.3. The molecule has 0 bridgehead atoms. The first-order valence-corrected chi connectivity index (χ1v) is 5.85. The van der Waals surface area contributed by atoms with Crippen LogP contribution in [0.1, 0.15) is 31.9 Å². The fourth-order valence-corrected chi connectivity index (χ4v) is 1.70. The first-order valence-electron chi connectivity index (χ1n) is 5.32. The largest absolute Gasteiger partial charge is 0.325 e. The lowest BCUT2D eigenvalue weighted by molar-refractivity contribution is -0.113. The molecule has 0 unspecified atom stereocenters. The Kier molecular flexibility index (Phi) is 3.98. The van der Waals surface area contributed by atoms with Crippen molar-refractivity contribution in [1.82, 2.24) is 0 Å². The van der Waals surface area contributed by atoms with Crippen LogP contribution in [0.15, 0.2) is 18.2 Å². The van der Waals surface area contributed by atoms with E-state index in [4.69, 9.17) is 11.6 Å². The Morgan fingerprint density at radius 1 is 1.38 bits per heavy atom. The summed E-state index contributed by atoms with van der Waals surface area (Å²) in [6, 6.07) is 6.03. The minimum atomic E-state index is -0.165. The van der Waals surface area contributed by atoms with Crippen LogP contribution in [0.4, 0.5) is 5.69 Å². The van der Waals surface area contributed by atoms with Gasteiger partial charge < -0.3 is 5.32 Å². The number of nitrogens with one attached hydrogen (secondary N) is 1. The molecule has 0 aliphatic heterocycles. The van der Waals surface area contributed by atoms with Gasteiger partial charge in [-0.15, -0.1) is 11.6 Å². The third kappa shape index (κ3) is 2.99. The van der Waals surface area contributed by atoms with Gasteiger partial charge in [0, 0.05) is 5.69 Å². The Morgan fingerprint density at radius 3 is 2.50 bits per heavy atom. The highest BCUT2D eigenvalue weighted by atomic mass is 35.5. The van der Waals surface area contributed by atoms with E-state index in [2.05, 4.69) is 26.1 Å². The van der Waals surface area contributed by atoms with Gasteiger partial charge in [0.15, 0.2) is 0 Å². The Bertz CT molecular complexity index is 393. The van der Waals surface area contributed by atoms with Gasteiger partial charge in [-0.1, -0.05) is 39.0 Å². The highest BCUT2D eigenvalue weighted by Gasteiger charge is 2.19. The number of aryl methyl sites for hydroxylation is 1. The number of carbonyl (C=O) groups excluding carboxylic acids is 1. The van der Waals surface area contributed by atoms with Gasteiger partial charge in [0.2, 0.25) is 5.91 Å². The highest BCUT2D eigenvalue weighted by Crippen LogP contribution is 2.31. The molecule has 88 valence electrons. The van der Waals surface area contributed by atoms with Crippen LogP contribution in [0.25, 0.3) is 0 Å². The van der Waals surface area contributed by atoms with E-state index in [0.717, 1.165) is 16.8 Å². The van der Waals surface area contributed by atoms with Crippen molar-refractivity contribution in [2.24, 2.45) is 0 Å². The van der Waals surface area contributed by atoms with Crippen LogP contribution in [0.3, 0.4) is 0 Å². The van der Waals surface area contributed by atoms with E-state index in [0.29, 0.717) is 0 Å². The highest BCUT2D eigenvalue weighted by molar-refractivity contribution is 6.29. The van der Waals surface area contributed by atoms with Crippen molar-refractivity contribution in [2.45, 2.75) is 33.1 Å². The maximum absolute atomic E-state index is 11.4. The lowest BCUT2D eigenvalue weighted by Crippen LogP contribution is -2.20. The second-order valence-corrected chi connectivity index (χ2v) is 5.20. The van der Waals surface area contributed by atoms with E-state index in [9.17, 15) is 4.79 Å². The second kappa shape index (κ2) is 4.88. The summed E-state index contributed by atoms with van der Waals surface area (Å²) in [6.45, 7) is 8.35. The molecule has 0 radical (unpaired) electrons. The predicted molar refractivity (Wildman–Crippen MR) is 69.2 cm³/mol. The molecule has 0 atom stereocenters. The standard InChI is InChI=1S/C13H18ClNO/c1-9-6-5-7-10(13(2,3)4)12(9)15-11(16)8-14/h5-7H,8H2,1-4H3,(H,15,16). The molecule has 1 rings (SSSR count). The molecule has 0 spiro atoms. The zero-order valence-electron chi connectivity index (χ0n) is 10.2. The van der Waals surface area contributed by atoms with Crippen molar-refractivity contribution in [1.29, 1.82) is 0 Å². The van der Waals surface area contributed by atoms with Gasteiger partial charge in [-0.3, -0.25) is 4.79 Å². The number of hydrogen-bond acceptors (Lipinski definition) is 1. The molecule has 1 amide bonds. The quantitative estimate of drug-likeness (QED) is 0.787. The number of carbonyl (C=O) groups is 1. The van der Waals surface area contributed by atoms with Crippen LogP contribution in [0.2, 0.25) is 0 Å². The molecule has 0 aliphatic carbocycles. The molecular weight excluding hydrogens is 222 g/mol. The first kappa shape index (κ1) is 13.0. The van der Waals surface area contributed by atoms with Gasteiger partial charge in [-0.05, 0) is 23.5 Å². The van der Waals surface area contributed by atoms with Gasteiger partial charge >= 0.3 is 0 Å². The molecule has 3 heteroatoms. The van der Waals surface area contributed by atoms with E-state index in [1.54, 1.807) is 0 Å². The summed E-state index contributed by atoms with van der Waals surface area (Å²) < 4.78 is 0. The minimum absolute atomic E-state index is 0.000939. The van der Waals surface area contributed by atoms with Crippen molar-refractivity contribution in [3.05, 3.63) is 29.3 Å². The van der Waals surface area contributed by atoms with Crippen molar-refractivity contribution >= 4 is 23.2 Å². The SMILES string of the molecule is Cc1cccc(C(C)(C)C)c1NC(=O)CCl. The van der Waals surface area contributed by atoms with Crippen LogP contribution in [-0.2, 0) is 10.2 Å². The average molecular weight is 240 g/mol. The molecule has 0 saturated carbocycles. The number of rotatable bonds is 2. The lowest BCUT2D eigenvalue weighted by Gasteiger charge is -2.24. The molecule has 0 fully saturated rings. The number of hydrogen-bond donors (Lipinski definition) is 1. The van der Waals surface area contributed by atoms with E-state index in [-0.39, 0.29) is 17.2 Å².